The number of rotatable bonds is 3. The van der Waals surface area contributed by atoms with Crippen molar-refractivity contribution in [2.45, 2.75) is 0 Å². The molecule has 0 bridgehead atoms. The lowest BCUT2D eigenvalue weighted by Gasteiger charge is -2.01. The zero-order valence-corrected chi connectivity index (χ0v) is 13.8. The van der Waals surface area contributed by atoms with Gasteiger partial charge in [0.05, 0.1) is 16.7 Å². The number of halogens is 3. The smallest absolute Gasteiger partial charge is 0.136 e. The maximum atomic E-state index is 13.0. The number of allylic oxidation sites excluding steroid dienone is 1. The summed E-state index contributed by atoms with van der Waals surface area (Å²) in [4.78, 5) is 0. The van der Waals surface area contributed by atoms with Gasteiger partial charge in [0.2, 0.25) is 0 Å². The van der Waals surface area contributed by atoms with E-state index in [1.165, 1.54) is 12.1 Å². The van der Waals surface area contributed by atoms with Gasteiger partial charge in [-0.1, -0.05) is 35.3 Å². The fourth-order valence-electron chi connectivity index (χ4n) is 2.21. The van der Waals surface area contributed by atoms with Gasteiger partial charge in [0.25, 0.3) is 0 Å². The van der Waals surface area contributed by atoms with Gasteiger partial charge in [-0.05, 0) is 54.1 Å². The third kappa shape index (κ3) is 3.51. The molecule has 0 unspecified atom stereocenters. The van der Waals surface area contributed by atoms with Crippen LogP contribution in [0.3, 0.4) is 0 Å². The molecule has 118 valence electrons. The molecule has 0 saturated carbocycles. The van der Waals surface area contributed by atoms with E-state index in [2.05, 4.69) is 6.07 Å². The van der Waals surface area contributed by atoms with E-state index in [0.29, 0.717) is 38.3 Å². The molecule has 1 heterocycles. The van der Waals surface area contributed by atoms with Gasteiger partial charge in [0, 0.05) is 10.6 Å². The van der Waals surface area contributed by atoms with Crippen LogP contribution < -0.4 is 0 Å². The van der Waals surface area contributed by atoms with Crippen LogP contribution in [0.1, 0.15) is 11.3 Å². The van der Waals surface area contributed by atoms with Crippen LogP contribution in [0.25, 0.3) is 23.0 Å². The summed E-state index contributed by atoms with van der Waals surface area (Å²) in [6, 6.07) is 16.4. The molecule has 5 heteroatoms. The van der Waals surface area contributed by atoms with Gasteiger partial charge in [-0.2, -0.15) is 5.26 Å². The van der Waals surface area contributed by atoms with E-state index in [0.717, 1.165) is 0 Å². The molecule has 24 heavy (non-hydrogen) atoms. The molecule has 0 fully saturated rings. The van der Waals surface area contributed by atoms with Crippen LogP contribution in [0.15, 0.2) is 59.0 Å². The summed E-state index contributed by atoms with van der Waals surface area (Å²) in [5.41, 5.74) is 1.65. The first kappa shape index (κ1) is 16.3. The molecule has 0 amide bonds. The second-order valence-corrected chi connectivity index (χ2v) is 5.85. The highest BCUT2D eigenvalue weighted by Gasteiger charge is 2.10. The Morgan fingerprint density at radius 1 is 1.04 bits per heavy atom. The van der Waals surface area contributed by atoms with Crippen molar-refractivity contribution in [2.75, 3.05) is 0 Å². The van der Waals surface area contributed by atoms with Gasteiger partial charge in [-0.15, -0.1) is 0 Å². The van der Waals surface area contributed by atoms with E-state index in [1.54, 1.807) is 48.5 Å². The van der Waals surface area contributed by atoms with E-state index in [4.69, 9.17) is 27.6 Å². The number of nitrogens with zero attached hydrogens (tertiary/aromatic N) is 1. The molecule has 0 atom stereocenters. The highest BCUT2D eigenvalue weighted by molar-refractivity contribution is 6.35. The molecule has 0 N–H and O–H groups in total. The normalized spacial score (nSPS) is 11.3. The van der Waals surface area contributed by atoms with Gasteiger partial charge in [0.1, 0.15) is 17.3 Å². The molecular weight excluding hydrogens is 348 g/mol. The second kappa shape index (κ2) is 6.92. The van der Waals surface area contributed by atoms with Crippen molar-refractivity contribution in [3.05, 3.63) is 81.8 Å². The van der Waals surface area contributed by atoms with Gasteiger partial charge in [-0.3, -0.25) is 0 Å². The Morgan fingerprint density at radius 3 is 2.50 bits per heavy atom. The molecule has 3 rings (SSSR count). The molecule has 0 aliphatic carbocycles. The summed E-state index contributed by atoms with van der Waals surface area (Å²) in [6.45, 7) is 0. The third-order valence-corrected chi connectivity index (χ3v) is 3.95. The summed E-state index contributed by atoms with van der Waals surface area (Å²) in [5, 5.41) is 10.4. The summed E-state index contributed by atoms with van der Waals surface area (Å²) in [7, 11) is 0. The largest absolute Gasteiger partial charge is 0.457 e. The number of hydrogen-bond acceptors (Lipinski definition) is 2. The van der Waals surface area contributed by atoms with Crippen LogP contribution in [0.2, 0.25) is 10.0 Å². The maximum Gasteiger partial charge on any atom is 0.136 e. The average molecular weight is 358 g/mol. The van der Waals surface area contributed by atoms with E-state index in [1.807, 2.05) is 0 Å². The van der Waals surface area contributed by atoms with Crippen molar-refractivity contribution >= 4 is 34.9 Å². The first-order valence-electron chi connectivity index (χ1n) is 7.00. The summed E-state index contributed by atoms with van der Waals surface area (Å²) in [5.74, 6) is 0.680. The fraction of sp³-hybridized carbons (Fsp3) is 0. The molecule has 0 saturated heterocycles. The van der Waals surface area contributed by atoms with Crippen molar-refractivity contribution in [2.24, 2.45) is 0 Å². The van der Waals surface area contributed by atoms with Crippen molar-refractivity contribution in [3.8, 4) is 17.4 Å². The van der Waals surface area contributed by atoms with Crippen LogP contribution in [0, 0.1) is 17.1 Å². The lowest BCUT2D eigenvalue weighted by molar-refractivity contribution is 0.572. The Hall–Kier alpha value is -2.54. The van der Waals surface area contributed by atoms with Crippen LogP contribution in [0.4, 0.5) is 4.39 Å². The highest BCUT2D eigenvalue weighted by Crippen LogP contribution is 2.32. The molecule has 2 aromatic carbocycles. The molecule has 3 aromatic rings. The highest BCUT2D eigenvalue weighted by atomic mass is 35.5. The van der Waals surface area contributed by atoms with E-state index in [9.17, 15) is 9.65 Å². The SMILES string of the molecule is N#CC(=Cc1ccc(-c2cc(Cl)ccc2Cl)o1)c1ccc(F)cc1. The molecular formula is C19H10Cl2FNO. The fourth-order valence-corrected chi connectivity index (χ4v) is 2.60. The van der Waals surface area contributed by atoms with Crippen LogP contribution >= 0.6 is 23.2 Å². The second-order valence-electron chi connectivity index (χ2n) is 5.00. The molecule has 0 aliphatic rings. The average Bonchev–Trinajstić information content (AvgIpc) is 3.04. The Balaban J connectivity index is 1.96. The Bertz CT molecular complexity index is 952. The van der Waals surface area contributed by atoms with Gasteiger partial charge < -0.3 is 4.42 Å². The Morgan fingerprint density at radius 2 is 1.79 bits per heavy atom. The monoisotopic (exact) mass is 357 g/mol. The molecule has 2 nitrogen and oxygen atoms in total. The quantitative estimate of drug-likeness (QED) is 0.504. The molecule has 0 aliphatic heterocycles. The lowest BCUT2D eigenvalue weighted by Crippen LogP contribution is -1.82. The number of hydrogen-bond donors (Lipinski definition) is 0. The first-order chi connectivity index (χ1) is 11.6. The Labute approximate surface area is 148 Å². The minimum absolute atomic E-state index is 0.355. The van der Waals surface area contributed by atoms with Crippen molar-refractivity contribution < 1.29 is 8.81 Å². The zero-order chi connectivity index (χ0) is 17.1. The van der Waals surface area contributed by atoms with Gasteiger partial charge in [0.15, 0.2) is 0 Å². The zero-order valence-electron chi connectivity index (χ0n) is 12.3. The van der Waals surface area contributed by atoms with Gasteiger partial charge >= 0.3 is 0 Å². The van der Waals surface area contributed by atoms with E-state index >= 15 is 0 Å². The minimum Gasteiger partial charge on any atom is -0.457 e. The standard InChI is InChI=1S/C19H10Cl2FNO/c20-14-3-7-18(21)17(10-14)19-8-6-16(24-19)9-13(11-23)12-1-4-15(22)5-2-12/h1-10H. The number of furan rings is 1. The van der Waals surface area contributed by atoms with Crippen molar-refractivity contribution in [3.63, 3.8) is 0 Å². The van der Waals surface area contributed by atoms with Crippen molar-refractivity contribution in [1.29, 1.82) is 5.26 Å². The molecule has 0 spiro atoms. The van der Waals surface area contributed by atoms with Crippen LogP contribution in [-0.2, 0) is 0 Å². The summed E-state index contributed by atoms with van der Waals surface area (Å²) < 4.78 is 18.7. The predicted molar refractivity (Wildman–Crippen MR) is 94.0 cm³/mol. The summed E-state index contributed by atoms with van der Waals surface area (Å²) in [6.07, 6.45) is 1.59. The summed E-state index contributed by atoms with van der Waals surface area (Å²) >= 11 is 12.1. The van der Waals surface area contributed by atoms with Gasteiger partial charge in [-0.25, -0.2) is 4.39 Å². The van der Waals surface area contributed by atoms with E-state index < -0.39 is 0 Å². The van der Waals surface area contributed by atoms with Crippen LogP contribution in [-0.4, -0.2) is 0 Å². The maximum absolute atomic E-state index is 13.0. The number of nitriles is 1. The third-order valence-electron chi connectivity index (χ3n) is 3.38. The molecule has 0 radical (unpaired) electrons. The van der Waals surface area contributed by atoms with E-state index in [-0.39, 0.29) is 5.82 Å². The molecule has 1 aromatic heterocycles. The topological polar surface area (TPSA) is 36.9 Å². The first-order valence-corrected chi connectivity index (χ1v) is 7.75. The van der Waals surface area contributed by atoms with Crippen LogP contribution in [0.5, 0.6) is 0 Å². The minimum atomic E-state index is -0.355. The predicted octanol–water partition coefficient (Wildman–Crippen LogP) is 6.46. The Kier molecular flexibility index (Phi) is 4.71. The lowest BCUT2D eigenvalue weighted by atomic mass is 10.1. The number of benzene rings is 2. The van der Waals surface area contributed by atoms with Crippen molar-refractivity contribution in [1.82, 2.24) is 0 Å².